The summed E-state index contributed by atoms with van der Waals surface area (Å²) in [6.45, 7) is 9.02. The average molecular weight is 821 g/mol. The van der Waals surface area contributed by atoms with E-state index in [1.807, 2.05) is 0 Å². The van der Waals surface area contributed by atoms with Crippen molar-refractivity contribution in [2.75, 3.05) is 13.2 Å². The molecule has 1 atom stereocenters. The van der Waals surface area contributed by atoms with Crippen LogP contribution in [0.2, 0.25) is 0 Å². The van der Waals surface area contributed by atoms with Crippen LogP contribution >= 0.6 is 0 Å². The molecule has 0 heterocycles. The maximum absolute atomic E-state index is 12.8. The maximum atomic E-state index is 12.8. The van der Waals surface area contributed by atoms with Crippen LogP contribution in [0.5, 0.6) is 0 Å². The first-order chi connectivity index (χ1) is 28.4. The fourth-order valence-corrected chi connectivity index (χ4v) is 7.86. The molecule has 0 N–H and O–H groups in total. The first kappa shape index (κ1) is 56.4. The number of ether oxygens (including phenoxy) is 3. The highest BCUT2D eigenvalue weighted by Gasteiger charge is 2.19. The Morgan fingerprint density at radius 3 is 0.845 bits per heavy atom. The highest BCUT2D eigenvalue weighted by Crippen LogP contribution is 2.17. The summed E-state index contributed by atoms with van der Waals surface area (Å²) in [7, 11) is 0. The third kappa shape index (κ3) is 45.5. The molecule has 0 spiro atoms. The van der Waals surface area contributed by atoms with E-state index in [0.29, 0.717) is 19.3 Å². The van der Waals surface area contributed by atoms with E-state index in [9.17, 15) is 14.4 Å². The van der Waals surface area contributed by atoms with Gasteiger partial charge >= 0.3 is 17.9 Å². The van der Waals surface area contributed by atoms with Crippen molar-refractivity contribution in [3.05, 3.63) is 0 Å². The normalized spacial score (nSPS) is 11.9. The monoisotopic (exact) mass is 821 g/mol. The number of unbranched alkanes of at least 4 members (excludes halogenated alkanes) is 34. The van der Waals surface area contributed by atoms with Crippen LogP contribution < -0.4 is 0 Å². The number of hydrogen-bond acceptors (Lipinski definition) is 6. The van der Waals surface area contributed by atoms with Crippen molar-refractivity contribution in [1.82, 2.24) is 0 Å². The minimum Gasteiger partial charge on any atom is -0.462 e. The van der Waals surface area contributed by atoms with E-state index >= 15 is 0 Å². The molecule has 58 heavy (non-hydrogen) atoms. The smallest absolute Gasteiger partial charge is 0.306 e. The van der Waals surface area contributed by atoms with E-state index in [2.05, 4.69) is 27.7 Å². The molecule has 0 rings (SSSR count). The van der Waals surface area contributed by atoms with Crippen molar-refractivity contribution < 1.29 is 28.6 Å². The van der Waals surface area contributed by atoms with Crippen molar-refractivity contribution >= 4 is 17.9 Å². The minimum atomic E-state index is -0.759. The molecule has 0 aromatic rings. The van der Waals surface area contributed by atoms with E-state index in [0.717, 1.165) is 63.7 Å². The molecule has 0 aromatic heterocycles. The molecule has 6 heteroatoms. The first-order valence-corrected chi connectivity index (χ1v) is 25.9. The van der Waals surface area contributed by atoms with Gasteiger partial charge in [-0.25, -0.2) is 0 Å². The molecule has 0 saturated heterocycles. The van der Waals surface area contributed by atoms with Crippen LogP contribution in [0.4, 0.5) is 0 Å². The Kier molecular flexibility index (Phi) is 45.2. The third-order valence-electron chi connectivity index (χ3n) is 11.8. The number of esters is 3. The van der Waals surface area contributed by atoms with Gasteiger partial charge < -0.3 is 14.2 Å². The van der Waals surface area contributed by atoms with Crippen molar-refractivity contribution in [3.8, 4) is 0 Å². The van der Waals surface area contributed by atoms with Gasteiger partial charge in [0.15, 0.2) is 6.10 Å². The summed E-state index contributed by atoms with van der Waals surface area (Å²) in [4.78, 5) is 37.9. The zero-order chi connectivity index (χ0) is 42.4. The van der Waals surface area contributed by atoms with Crippen LogP contribution in [-0.2, 0) is 28.6 Å². The van der Waals surface area contributed by atoms with Gasteiger partial charge in [-0.3, -0.25) is 14.4 Å². The van der Waals surface area contributed by atoms with E-state index in [-0.39, 0.29) is 31.1 Å². The molecule has 0 aliphatic carbocycles. The van der Waals surface area contributed by atoms with Gasteiger partial charge in [0.05, 0.1) is 0 Å². The molecule has 0 amide bonds. The summed E-state index contributed by atoms with van der Waals surface area (Å²) in [5, 5.41) is 0. The van der Waals surface area contributed by atoms with Crippen molar-refractivity contribution in [1.29, 1.82) is 0 Å². The molecule has 0 saturated carbocycles. The molecular weight excluding hydrogens is 721 g/mol. The van der Waals surface area contributed by atoms with Gasteiger partial charge in [0.1, 0.15) is 13.2 Å². The van der Waals surface area contributed by atoms with Gasteiger partial charge in [-0.2, -0.15) is 0 Å². The van der Waals surface area contributed by atoms with E-state index in [4.69, 9.17) is 14.2 Å². The summed E-state index contributed by atoms with van der Waals surface area (Å²) in [6, 6.07) is 0. The van der Waals surface area contributed by atoms with Gasteiger partial charge in [0.2, 0.25) is 0 Å². The van der Waals surface area contributed by atoms with Crippen LogP contribution in [-0.4, -0.2) is 37.2 Å². The highest BCUT2D eigenvalue weighted by molar-refractivity contribution is 5.71. The van der Waals surface area contributed by atoms with E-state index < -0.39 is 6.10 Å². The lowest BCUT2D eigenvalue weighted by atomic mass is 10.0. The lowest BCUT2D eigenvalue weighted by molar-refractivity contribution is -0.167. The zero-order valence-electron chi connectivity index (χ0n) is 39.5. The number of carbonyl (C=O) groups excluding carboxylic acids is 3. The summed E-state index contributed by atoms with van der Waals surface area (Å²) in [5.41, 5.74) is 0. The lowest BCUT2D eigenvalue weighted by Gasteiger charge is -2.18. The molecule has 0 fully saturated rings. The summed E-state index contributed by atoms with van der Waals surface area (Å²) in [6.07, 6.45) is 48.0. The molecule has 0 aliphatic rings. The molecule has 0 bridgehead atoms. The Bertz CT molecular complexity index is 872. The summed E-state index contributed by atoms with van der Waals surface area (Å²) < 4.78 is 16.8. The van der Waals surface area contributed by atoms with Gasteiger partial charge in [-0.05, 0) is 25.2 Å². The molecule has 0 unspecified atom stereocenters. The van der Waals surface area contributed by atoms with Crippen LogP contribution in [0.25, 0.3) is 0 Å². The van der Waals surface area contributed by atoms with Crippen LogP contribution in [0.1, 0.15) is 291 Å². The molecule has 344 valence electrons. The first-order valence-electron chi connectivity index (χ1n) is 25.9. The lowest BCUT2D eigenvalue weighted by Crippen LogP contribution is -2.30. The Morgan fingerprint density at radius 1 is 0.328 bits per heavy atom. The molecule has 6 nitrogen and oxygen atoms in total. The average Bonchev–Trinajstić information content (AvgIpc) is 3.21. The van der Waals surface area contributed by atoms with E-state index in [1.54, 1.807) is 0 Å². The maximum Gasteiger partial charge on any atom is 0.306 e. The molecule has 0 aromatic carbocycles. The second-order valence-corrected chi connectivity index (χ2v) is 18.3. The van der Waals surface area contributed by atoms with Crippen LogP contribution in [0.3, 0.4) is 0 Å². The van der Waals surface area contributed by atoms with Gasteiger partial charge in [-0.15, -0.1) is 0 Å². The Labute approximate surface area is 361 Å². The molecular formula is C52H100O6. The Hall–Kier alpha value is -1.59. The summed E-state index contributed by atoms with van der Waals surface area (Å²) >= 11 is 0. The number of carbonyl (C=O) groups is 3. The second-order valence-electron chi connectivity index (χ2n) is 18.3. The van der Waals surface area contributed by atoms with Gasteiger partial charge in [0.25, 0.3) is 0 Å². The second kappa shape index (κ2) is 46.5. The summed E-state index contributed by atoms with van der Waals surface area (Å²) in [5.74, 6) is -0.000432. The number of rotatable bonds is 47. The fourth-order valence-electron chi connectivity index (χ4n) is 7.86. The standard InChI is InChI=1S/C52H100O6/c1-5-7-9-11-13-15-17-20-25-29-33-37-41-45-52(55)58-49(46-56-50(53)43-39-35-31-27-16-14-12-10-8-6-2)47-57-51(54)44-40-36-32-28-24-22-19-18-21-23-26-30-34-38-42-48(3)4/h48-49H,5-47H2,1-4H3/t49-/m1/s1. The Morgan fingerprint density at radius 2 is 0.569 bits per heavy atom. The third-order valence-corrected chi connectivity index (χ3v) is 11.8. The minimum absolute atomic E-state index is 0.0627. The SMILES string of the molecule is CCCCCCCCCCCCCCCC(=O)O[C@H](COC(=O)CCCCCCCCCCCC)COC(=O)CCCCCCCCCCCCCCCCC(C)C. The molecule has 0 radical (unpaired) electrons. The number of hydrogen-bond donors (Lipinski definition) is 0. The Balaban J connectivity index is 4.26. The van der Waals surface area contributed by atoms with Crippen molar-refractivity contribution in [2.45, 2.75) is 297 Å². The quantitative estimate of drug-likeness (QED) is 0.0346. The van der Waals surface area contributed by atoms with Crippen molar-refractivity contribution in [2.24, 2.45) is 5.92 Å². The van der Waals surface area contributed by atoms with Gasteiger partial charge in [0, 0.05) is 19.3 Å². The topological polar surface area (TPSA) is 78.9 Å². The van der Waals surface area contributed by atoms with Crippen LogP contribution in [0.15, 0.2) is 0 Å². The van der Waals surface area contributed by atoms with Crippen LogP contribution in [0, 0.1) is 5.92 Å². The largest absolute Gasteiger partial charge is 0.462 e. The molecule has 0 aliphatic heterocycles. The predicted molar refractivity (Wildman–Crippen MR) is 247 cm³/mol. The van der Waals surface area contributed by atoms with Crippen molar-refractivity contribution in [3.63, 3.8) is 0 Å². The predicted octanol–water partition coefficient (Wildman–Crippen LogP) is 16.7. The van der Waals surface area contributed by atoms with Gasteiger partial charge in [-0.1, -0.05) is 252 Å². The van der Waals surface area contributed by atoms with E-state index in [1.165, 1.54) is 186 Å². The highest BCUT2D eigenvalue weighted by atomic mass is 16.6. The zero-order valence-corrected chi connectivity index (χ0v) is 39.5. The fraction of sp³-hybridized carbons (Fsp3) is 0.942.